The second-order valence-corrected chi connectivity index (χ2v) is 4.55. The summed E-state index contributed by atoms with van der Waals surface area (Å²) in [5.74, 6) is 1.71. The van der Waals surface area contributed by atoms with Gasteiger partial charge in [-0.3, -0.25) is 4.99 Å². The SMILES string of the molecule is CC(C)(C)C1=NCC2CC2O1. The fraction of sp³-hybridized carbons (Fsp3) is 0.889. The normalized spacial score (nSPS) is 35.4. The van der Waals surface area contributed by atoms with Gasteiger partial charge >= 0.3 is 0 Å². The van der Waals surface area contributed by atoms with Gasteiger partial charge in [0, 0.05) is 17.9 Å². The van der Waals surface area contributed by atoms with Gasteiger partial charge in [0.2, 0.25) is 0 Å². The van der Waals surface area contributed by atoms with E-state index in [4.69, 9.17) is 4.74 Å². The van der Waals surface area contributed by atoms with Crippen LogP contribution in [0.1, 0.15) is 27.2 Å². The summed E-state index contributed by atoms with van der Waals surface area (Å²) < 4.78 is 5.67. The third-order valence-corrected chi connectivity index (χ3v) is 2.23. The lowest BCUT2D eigenvalue weighted by Gasteiger charge is -2.24. The predicted octanol–water partition coefficient (Wildman–Crippen LogP) is 1.85. The first kappa shape index (κ1) is 7.14. The molecule has 0 N–H and O–H groups in total. The third kappa shape index (κ3) is 1.26. The molecule has 2 unspecified atom stereocenters. The molecule has 62 valence electrons. The van der Waals surface area contributed by atoms with Crippen molar-refractivity contribution in [2.75, 3.05) is 6.54 Å². The molecule has 0 saturated heterocycles. The zero-order valence-electron chi connectivity index (χ0n) is 7.42. The molecule has 2 aliphatic rings. The van der Waals surface area contributed by atoms with Gasteiger partial charge in [-0.05, 0) is 6.42 Å². The van der Waals surface area contributed by atoms with Crippen molar-refractivity contribution in [2.24, 2.45) is 16.3 Å². The van der Waals surface area contributed by atoms with E-state index < -0.39 is 0 Å². The molecule has 1 aliphatic heterocycles. The summed E-state index contributed by atoms with van der Waals surface area (Å²) in [5.41, 5.74) is 0.105. The molecular weight excluding hydrogens is 138 g/mol. The van der Waals surface area contributed by atoms with Crippen LogP contribution in [0.4, 0.5) is 0 Å². The molecule has 2 rings (SSSR count). The zero-order valence-corrected chi connectivity index (χ0v) is 7.42. The maximum atomic E-state index is 5.67. The molecule has 1 saturated carbocycles. The van der Waals surface area contributed by atoms with Gasteiger partial charge in [-0.2, -0.15) is 0 Å². The molecule has 0 spiro atoms. The van der Waals surface area contributed by atoms with Crippen molar-refractivity contribution in [1.82, 2.24) is 0 Å². The van der Waals surface area contributed by atoms with E-state index in [0.717, 1.165) is 18.4 Å². The summed E-state index contributed by atoms with van der Waals surface area (Å²) in [7, 11) is 0. The fourth-order valence-corrected chi connectivity index (χ4v) is 1.35. The fourth-order valence-electron chi connectivity index (χ4n) is 1.35. The lowest BCUT2D eigenvalue weighted by Crippen LogP contribution is -2.28. The van der Waals surface area contributed by atoms with Crippen LogP contribution < -0.4 is 0 Å². The average molecular weight is 153 g/mol. The van der Waals surface area contributed by atoms with Crippen molar-refractivity contribution in [1.29, 1.82) is 0 Å². The van der Waals surface area contributed by atoms with Crippen LogP contribution in [0.15, 0.2) is 4.99 Å². The van der Waals surface area contributed by atoms with Crippen LogP contribution in [0.25, 0.3) is 0 Å². The van der Waals surface area contributed by atoms with Crippen molar-refractivity contribution in [2.45, 2.75) is 33.3 Å². The van der Waals surface area contributed by atoms with Crippen molar-refractivity contribution < 1.29 is 4.74 Å². The van der Waals surface area contributed by atoms with Gasteiger partial charge in [-0.15, -0.1) is 0 Å². The number of nitrogens with zero attached hydrogens (tertiary/aromatic N) is 1. The van der Waals surface area contributed by atoms with E-state index in [1.54, 1.807) is 0 Å². The molecule has 2 nitrogen and oxygen atoms in total. The molecule has 2 heteroatoms. The average Bonchev–Trinajstić information content (AvgIpc) is 2.60. The van der Waals surface area contributed by atoms with Gasteiger partial charge < -0.3 is 4.74 Å². The van der Waals surface area contributed by atoms with Crippen LogP contribution >= 0.6 is 0 Å². The minimum absolute atomic E-state index is 0.105. The Labute approximate surface area is 67.7 Å². The van der Waals surface area contributed by atoms with E-state index >= 15 is 0 Å². The van der Waals surface area contributed by atoms with Gasteiger partial charge in [0.25, 0.3) is 0 Å². The highest BCUT2D eigenvalue weighted by atomic mass is 16.5. The molecule has 0 aromatic carbocycles. The number of aliphatic imine (C=N–C) groups is 1. The molecule has 11 heavy (non-hydrogen) atoms. The highest BCUT2D eigenvalue weighted by molar-refractivity contribution is 5.82. The first-order valence-corrected chi connectivity index (χ1v) is 4.29. The maximum absolute atomic E-state index is 5.67. The van der Waals surface area contributed by atoms with Gasteiger partial charge in [0.05, 0.1) is 0 Å². The van der Waals surface area contributed by atoms with Gasteiger partial charge in [-0.1, -0.05) is 20.8 Å². The first-order valence-electron chi connectivity index (χ1n) is 4.29. The highest BCUT2D eigenvalue weighted by Gasteiger charge is 2.44. The summed E-state index contributed by atoms with van der Waals surface area (Å²) >= 11 is 0. The Bertz CT molecular complexity index is 202. The quantitative estimate of drug-likeness (QED) is 0.520. The Hall–Kier alpha value is -0.530. The van der Waals surface area contributed by atoms with E-state index in [1.165, 1.54) is 6.42 Å². The minimum Gasteiger partial charge on any atom is -0.477 e. The number of hydrogen-bond donors (Lipinski definition) is 0. The van der Waals surface area contributed by atoms with Crippen LogP contribution in [0.2, 0.25) is 0 Å². The van der Waals surface area contributed by atoms with E-state index in [9.17, 15) is 0 Å². The number of fused-ring (bicyclic) bond motifs is 1. The van der Waals surface area contributed by atoms with E-state index in [0.29, 0.717) is 6.10 Å². The molecule has 0 aromatic heterocycles. The molecule has 0 bridgehead atoms. The largest absolute Gasteiger partial charge is 0.477 e. The van der Waals surface area contributed by atoms with Gasteiger partial charge in [-0.25, -0.2) is 0 Å². The van der Waals surface area contributed by atoms with E-state index in [2.05, 4.69) is 25.8 Å². The van der Waals surface area contributed by atoms with E-state index in [-0.39, 0.29) is 5.41 Å². The molecule has 1 heterocycles. The van der Waals surface area contributed by atoms with E-state index in [1.807, 2.05) is 0 Å². The zero-order chi connectivity index (χ0) is 8.06. The van der Waals surface area contributed by atoms with Gasteiger partial charge in [0.15, 0.2) is 5.90 Å². The second-order valence-electron chi connectivity index (χ2n) is 4.55. The first-order chi connectivity index (χ1) is 5.07. The summed E-state index contributed by atoms with van der Waals surface area (Å²) in [4.78, 5) is 4.42. The Morgan fingerprint density at radius 3 is 2.73 bits per heavy atom. The topological polar surface area (TPSA) is 21.6 Å². The lowest BCUT2D eigenvalue weighted by molar-refractivity contribution is 0.221. The summed E-state index contributed by atoms with van der Waals surface area (Å²) in [5, 5.41) is 0. The molecular formula is C9H15NO. The summed E-state index contributed by atoms with van der Waals surface area (Å²) in [6.45, 7) is 7.44. The van der Waals surface area contributed by atoms with Crippen LogP contribution in [-0.2, 0) is 4.74 Å². The maximum Gasteiger partial charge on any atom is 0.189 e. The number of ether oxygens (including phenoxy) is 1. The highest BCUT2D eigenvalue weighted by Crippen LogP contribution is 2.39. The van der Waals surface area contributed by atoms with Crippen molar-refractivity contribution in [3.8, 4) is 0 Å². The standard InChI is InChI=1S/C9H15NO/c1-9(2,3)8-10-5-6-4-7(6)11-8/h6-7H,4-5H2,1-3H3. The van der Waals surface area contributed by atoms with Crippen LogP contribution in [0, 0.1) is 11.3 Å². The Balaban J connectivity index is 2.09. The van der Waals surface area contributed by atoms with Crippen LogP contribution in [0.5, 0.6) is 0 Å². The number of hydrogen-bond acceptors (Lipinski definition) is 2. The Morgan fingerprint density at radius 1 is 1.45 bits per heavy atom. The monoisotopic (exact) mass is 153 g/mol. The molecule has 1 fully saturated rings. The molecule has 0 amide bonds. The van der Waals surface area contributed by atoms with Crippen LogP contribution in [0.3, 0.4) is 0 Å². The minimum atomic E-state index is 0.105. The summed E-state index contributed by atoms with van der Waals surface area (Å²) in [6.07, 6.45) is 1.74. The van der Waals surface area contributed by atoms with Crippen LogP contribution in [-0.4, -0.2) is 18.5 Å². The molecule has 2 atom stereocenters. The Morgan fingerprint density at radius 2 is 2.18 bits per heavy atom. The predicted molar refractivity (Wildman–Crippen MR) is 44.7 cm³/mol. The second kappa shape index (κ2) is 1.99. The smallest absolute Gasteiger partial charge is 0.189 e. The number of rotatable bonds is 0. The molecule has 1 aliphatic carbocycles. The van der Waals surface area contributed by atoms with Gasteiger partial charge in [0.1, 0.15) is 6.10 Å². The van der Waals surface area contributed by atoms with Crippen molar-refractivity contribution >= 4 is 5.90 Å². The Kier molecular flexibility index (Phi) is 1.29. The molecule has 0 radical (unpaired) electrons. The lowest BCUT2D eigenvalue weighted by atomic mass is 9.96. The van der Waals surface area contributed by atoms with Crippen molar-refractivity contribution in [3.05, 3.63) is 0 Å². The third-order valence-electron chi connectivity index (χ3n) is 2.23. The molecule has 0 aromatic rings. The van der Waals surface area contributed by atoms with Crippen molar-refractivity contribution in [3.63, 3.8) is 0 Å². The summed E-state index contributed by atoms with van der Waals surface area (Å²) in [6, 6.07) is 0.